The van der Waals surface area contributed by atoms with Crippen molar-refractivity contribution < 1.29 is 14.7 Å². The van der Waals surface area contributed by atoms with Crippen molar-refractivity contribution in [2.24, 2.45) is 4.99 Å². The average Bonchev–Trinajstić information content (AvgIpc) is 3.40. The fourth-order valence-electron chi connectivity index (χ4n) is 2.98. The van der Waals surface area contributed by atoms with Crippen molar-refractivity contribution in [3.05, 3.63) is 28.2 Å². The second-order valence-electron chi connectivity index (χ2n) is 7.63. The van der Waals surface area contributed by atoms with E-state index in [2.05, 4.69) is 36.8 Å². The van der Waals surface area contributed by atoms with Crippen LogP contribution < -0.4 is 5.32 Å². The molecule has 0 saturated carbocycles. The molecule has 2 heterocycles. The van der Waals surface area contributed by atoms with Gasteiger partial charge in [0.2, 0.25) is 0 Å². The molecule has 0 fully saturated rings. The van der Waals surface area contributed by atoms with Crippen LogP contribution in [0.15, 0.2) is 22.5 Å². The van der Waals surface area contributed by atoms with Gasteiger partial charge < -0.3 is 5.11 Å². The first kappa shape index (κ1) is 27.8. The number of rotatable bonds is 14. The number of amides is 1. The van der Waals surface area contributed by atoms with E-state index in [9.17, 15) is 14.7 Å². The quantitative estimate of drug-likeness (QED) is 0.0949. The number of unbranched alkanes of at least 4 members (excludes halogenated alkanes) is 1. The molecule has 1 aromatic rings. The number of hydrogen-bond acceptors (Lipinski definition) is 8. The van der Waals surface area contributed by atoms with Crippen molar-refractivity contribution in [1.29, 1.82) is 0 Å². The Hall–Kier alpha value is -0.430. The Bertz CT molecular complexity index is 830. The van der Waals surface area contributed by atoms with Gasteiger partial charge in [0.1, 0.15) is 0 Å². The predicted octanol–water partition coefficient (Wildman–Crippen LogP) is 4.49. The van der Waals surface area contributed by atoms with Crippen molar-refractivity contribution >= 4 is 70.3 Å². The zero-order valence-corrected chi connectivity index (χ0v) is 23.7. The summed E-state index contributed by atoms with van der Waals surface area (Å²) in [5.41, 5.74) is 0.157. The molecule has 0 aliphatic carbocycles. The molecular weight excluding hydrogens is 577 g/mol. The van der Waals surface area contributed by atoms with Crippen LogP contribution in [0.1, 0.15) is 57.2 Å². The van der Waals surface area contributed by atoms with Gasteiger partial charge in [0.15, 0.2) is 0 Å². The molecule has 1 amide bonds. The van der Waals surface area contributed by atoms with Gasteiger partial charge in [-0.25, -0.2) is 0 Å². The number of carbonyl (C=O) groups excluding carboxylic acids is 2. The van der Waals surface area contributed by atoms with Crippen LogP contribution in [0.3, 0.4) is 0 Å². The Morgan fingerprint density at radius 1 is 1.44 bits per heavy atom. The molecule has 0 bridgehead atoms. The third-order valence-electron chi connectivity index (χ3n) is 4.80. The second kappa shape index (κ2) is 14.1. The van der Waals surface area contributed by atoms with Crippen molar-refractivity contribution in [2.45, 2.75) is 64.6 Å². The van der Waals surface area contributed by atoms with E-state index >= 15 is 0 Å². The third kappa shape index (κ3) is 8.41. The number of carbonyl (C=O) groups is 2. The van der Waals surface area contributed by atoms with E-state index in [1.807, 2.05) is 18.4 Å². The van der Waals surface area contributed by atoms with E-state index in [1.165, 1.54) is 11.3 Å². The zero-order chi connectivity index (χ0) is 23.6. The summed E-state index contributed by atoms with van der Waals surface area (Å²) in [6.45, 7) is 6.61. The van der Waals surface area contributed by atoms with Gasteiger partial charge in [0, 0.05) is 0 Å². The van der Waals surface area contributed by atoms with Crippen LogP contribution in [-0.4, -0.2) is 56.8 Å². The molecule has 2 atom stereocenters. The Balaban J connectivity index is 1.93. The molecule has 0 spiro atoms. The van der Waals surface area contributed by atoms with Gasteiger partial charge >= 0.3 is 171 Å². The number of thioether (sulfide) groups is 1. The molecule has 1 aliphatic rings. The third-order valence-corrected chi connectivity index (χ3v) is 13.6. The summed E-state index contributed by atoms with van der Waals surface area (Å²) in [7, 11) is 0. The first-order valence-corrected chi connectivity index (χ1v) is 17.5. The number of hydrogen-bond donors (Lipinski definition) is 3. The van der Waals surface area contributed by atoms with Crippen LogP contribution in [0.5, 0.6) is 0 Å². The summed E-state index contributed by atoms with van der Waals surface area (Å²) in [4.78, 5) is 34.7. The molecule has 180 valence electrons. The number of aliphatic hydroxyl groups is 1. The number of alkyl halides is 2. The van der Waals surface area contributed by atoms with E-state index in [0.717, 1.165) is 43.9 Å². The molecule has 6 nitrogen and oxygen atoms in total. The molecule has 0 radical (unpaired) electrons. The predicted molar refractivity (Wildman–Crippen MR) is 149 cm³/mol. The van der Waals surface area contributed by atoms with Gasteiger partial charge in [-0.05, 0) is 12.2 Å². The van der Waals surface area contributed by atoms with E-state index in [-0.39, 0.29) is 12.3 Å². The summed E-state index contributed by atoms with van der Waals surface area (Å²) < 4.78 is 2.49. The molecule has 1 aromatic heterocycles. The first-order valence-electron chi connectivity index (χ1n) is 10.9. The maximum absolute atomic E-state index is 13.2. The van der Waals surface area contributed by atoms with Crippen molar-refractivity contribution in [2.75, 3.05) is 20.4 Å². The zero-order valence-electron chi connectivity index (χ0n) is 19.0. The summed E-state index contributed by atoms with van der Waals surface area (Å²) in [6, 6.07) is 0. The van der Waals surface area contributed by atoms with Crippen LogP contribution in [-0.2, 0) is 16.1 Å². The van der Waals surface area contributed by atoms with Crippen molar-refractivity contribution in [1.82, 2.24) is 10.3 Å². The van der Waals surface area contributed by atoms with E-state index < -0.39 is 31.5 Å². The summed E-state index contributed by atoms with van der Waals surface area (Å²) in [5, 5.41) is 16.2. The number of nitrogens with one attached hydrogen (secondary N) is 1. The van der Waals surface area contributed by atoms with E-state index in [4.69, 9.17) is 4.99 Å². The molecular formula is C22H34IN3O3S3. The number of nitrogens with zero attached hydrogens (tertiary/aromatic N) is 2. The number of aromatic nitrogens is 1. The number of thiol groups is 1. The van der Waals surface area contributed by atoms with Crippen molar-refractivity contribution in [3.63, 3.8) is 0 Å². The Morgan fingerprint density at radius 3 is 2.91 bits per heavy atom. The van der Waals surface area contributed by atoms with Gasteiger partial charge in [-0.15, -0.1) is 0 Å². The normalized spacial score (nSPS) is 19.8. The summed E-state index contributed by atoms with van der Waals surface area (Å²) in [5.74, 6) is 1.17. The molecule has 32 heavy (non-hydrogen) atoms. The van der Waals surface area contributed by atoms with Gasteiger partial charge in [0.25, 0.3) is 0 Å². The number of halogens is 1. The Kier molecular flexibility index (Phi) is 12.2. The molecule has 2 rings (SSSR count). The Labute approximate surface area is 212 Å². The van der Waals surface area contributed by atoms with Gasteiger partial charge in [0.05, 0.1) is 0 Å². The van der Waals surface area contributed by atoms with Gasteiger partial charge in [-0.3, -0.25) is 0 Å². The minimum atomic E-state index is -1.65. The van der Waals surface area contributed by atoms with Crippen LogP contribution in [0.25, 0.3) is 0 Å². The van der Waals surface area contributed by atoms with Gasteiger partial charge in [-0.1, -0.05) is 12.2 Å². The number of aliphatic hydroxyl groups excluding tert-OH is 1. The topological polar surface area (TPSA) is 91.7 Å². The molecule has 1 aliphatic heterocycles. The summed E-state index contributed by atoms with van der Waals surface area (Å²) >= 11 is 5.52. The monoisotopic (exact) mass is 611 g/mol. The first-order chi connectivity index (χ1) is 15.3. The fourth-order valence-corrected chi connectivity index (χ4v) is 10.9. The number of thiazole rings is 1. The molecule has 0 saturated heterocycles. The van der Waals surface area contributed by atoms with Crippen LogP contribution in [0, 0.1) is 0 Å². The standard InChI is InChI=1S/C22H34IN3O3S3/c1-4-6-10-23(5-2)21(29)22(3)15-32-20(26-22)17-14-31-19(25-17)13-24-18(28)12-16(27)9-7-8-11-30/h7,9,14,16,27,30H,4-6,8,10-13,15H2,1-3H3,(H,24,28)/b9-7+/t16?,22-/m0/s1. The fraction of sp³-hybridized carbons (Fsp3) is 0.636. The summed E-state index contributed by atoms with van der Waals surface area (Å²) in [6.07, 6.45) is 5.70. The second-order valence-corrected chi connectivity index (χ2v) is 16.2. The van der Waals surface area contributed by atoms with E-state index in [1.54, 1.807) is 17.8 Å². The van der Waals surface area contributed by atoms with Crippen molar-refractivity contribution in [3.8, 4) is 0 Å². The molecule has 2 N–H and O–H groups in total. The van der Waals surface area contributed by atoms with Crippen LogP contribution >= 0.6 is 55.5 Å². The van der Waals surface area contributed by atoms with Crippen LogP contribution in [0.2, 0.25) is 0 Å². The minimum absolute atomic E-state index is 0.0192. The molecule has 10 heteroatoms. The average molecular weight is 612 g/mol. The van der Waals surface area contributed by atoms with E-state index in [0.29, 0.717) is 21.8 Å². The Morgan fingerprint density at radius 2 is 2.22 bits per heavy atom. The molecule has 0 aromatic carbocycles. The van der Waals surface area contributed by atoms with Crippen LogP contribution in [0.4, 0.5) is 0 Å². The number of allylic oxidation sites excluding steroid dienone is 1. The van der Waals surface area contributed by atoms with Gasteiger partial charge in [-0.2, -0.15) is 12.6 Å². The SMILES string of the molecule is CCCCI(CC)C(=O)[C@]1(C)CSC(c2csc(CNC(=O)CC(O)/C=C/CCS)n2)=N1. The maximum atomic E-state index is 13.2. The number of aliphatic imine (C=N–C) groups is 1. The molecule has 1 unspecified atom stereocenters.